The molecule has 0 radical (unpaired) electrons. The number of rotatable bonds is 3. The minimum atomic E-state index is -4.33. The Hall–Kier alpha value is -1.43. The number of nitrogens with two attached hydrogens (primary N) is 1. The summed E-state index contributed by atoms with van der Waals surface area (Å²) in [4.78, 5) is 2.04. The molecule has 1 aromatic rings. The fourth-order valence-electron chi connectivity index (χ4n) is 2.30. The SMILES string of the molecule is Cc1ccc(OCC(F)(F)F)c(N2CCC(N)CC2)c1. The third kappa shape index (κ3) is 4.03. The largest absolute Gasteiger partial charge is 0.482 e. The summed E-state index contributed by atoms with van der Waals surface area (Å²) in [5.41, 5.74) is 7.57. The first-order valence-corrected chi connectivity index (χ1v) is 6.66. The van der Waals surface area contributed by atoms with Crippen LogP contribution in [0.4, 0.5) is 18.9 Å². The number of hydrogen-bond acceptors (Lipinski definition) is 3. The van der Waals surface area contributed by atoms with Crippen LogP contribution in [0.3, 0.4) is 0 Å². The maximum absolute atomic E-state index is 12.3. The van der Waals surface area contributed by atoms with Crippen LogP contribution in [0, 0.1) is 6.92 Å². The molecule has 1 fully saturated rings. The quantitative estimate of drug-likeness (QED) is 0.929. The number of halogens is 3. The Balaban J connectivity index is 2.15. The van der Waals surface area contributed by atoms with E-state index >= 15 is 0 Å². The van der Waals surface area contributed by atoms with Crippen molar-refractivity contribution in [2.75, 3.05) is 24.6 Å². The van der Waals surface area contributed by atoms with Crippen LogP contribution in [0.15, 0.2) is 18.2 Å². The molecule has 0 unspecified atom stereocenters. The highest BCUT2D eigenvalue weighted by Gasteiger charge is 2.29. The van der Waals surface area contributed by atoms with Crippen molar-refractivity contribution in [2.24, 2.45) is 5.73 Å². The highest BCUT2D eigenvalue weighted by molar-refractivity contribution is 5.60. The average Bonchev–Trinajstić information content (AvgIpc) is 2.37. The molecular formula is C14H19F3N2O. The van der Waals surface area contributed by atoms with Crippen molar-refractivity contribution in [1.82, 2.24) is 0 Å². The lowest BCUT2D eigenvalue weighted by molar-refractivity contribution is -0.153. The summed E-state index contributed by atoms with van der Waals surface area (Å²) in [6.07, 6.45) is -2.65. The first kappa shape index (κ1) is 15.0. The zero-order valence-corrected chi connectivity index (χ0v) is 11.4. The van der Waals surface area contributed by atoms with E-state index in [4.69, 9.17) is 10.5 Å². The van der Waals surface area contributed by atoms with E-state index in [1.807, 2.05) is 17.9 Å². The maximum Gasteiger partial charge on any atom is 0.422 e. The molecule has 20 heavy (non-hydrogen) atoms. The van der Waals surface area contributed by atoms with Crippen molar-refractivity contribution < 1.29 is 17.9 Å². The van der Waals surface area contributed by atoms with E-state index in [-0.39, 0.29) is 11.8 Å². The second kappa shape index (κ2) is 5.91. The predicted molar refractivity (Wildman–Crippen MR) is 72.2 cm³/mol. The summed E-state index contributed by atoms with van der Waals surface area (Å²) in [5.74, 6) is 0.281. The molecule has 0 spiro atoms. The summed E-state index contributed by atoms with van der Waals surface area (Å²) in [5, 5.41) is 0. The number of ether oxygens (including phenoxy) is 1. The van der Waals surface area contributed by atoms with Gasteiger partial charge in [-0.25, -0.2) is 0 Å². The minimum absolute atomic E-state index is 0.176. The van der Waals surface area contributed by atoms with Gasteiger partial charge < -0.3 is 15.4 Å². The Morgan fingerprint density at radius 1 is 1.30 bits per heavy atom. The second-order valence-electron chi connectivity index (χ2n) is 5.20. The highest BCUT2D eigenvalue weighted by atomic mass is 19.4. The third-order valence-corrected chi connectivity index (χ3v) is 3.39. The molecule has 1 aliphatic rings. The second-order valence-corrected chi connectivity index (χ2v) is 5.20. The summed E-state index contributed by atoms with van der Waals surface area (Å²) >= 11 is 0. The van der Waals surface area contributed by atoms with Crippen LogP contribution in [0.1, 0.15) is 18.4 Å². The Bertz CT molecular complexity index is 454. The molecule has 2 rings (SSSR count). The van der Waals surface area contributed by atoms with Gasteiger partial charge in [-0.15, -0.1) is 0 Å². The number of anilines is 1. The van der Waals surface area contributed by atoms with Crippen LogP contribution in [-0.4, -0.2) is 31.9 Å². The van der Waals surface area contributed by atoms with Crippen LogP contribution >= 0.6 is 0 Å². The maximum atomic E-state index is 12.3. The number of aryl methyl sites for hydroxylation is 1. The summed E-state index contributed by atoms with van der Waals surface area (Å²) < 4.78 is 41.8. The molecule has 0 saturated carbocycles. The predicted octanol–water partition coefficient (Wildman–Crippen LogP) is 2.86. The molecule has 3 nitrogen and oxygen atoms in total. The number of piperidine rings is 1. The fourth-order valence-corrected chi connectivity index (χ4v) is 2.30. The normalized spacial score (nSPS) is 17.4. The van der Waals surface area contributed by atoms with Gasteiger partial charge in [0.15, 0.2) is 6.61 Å². The monoisotopic (exact) mass is 288 g/mol. The van der Waals surface area contributed by atoms with Gasteiger partial charge in [-0.05, 0) is 37.5 Å². The van der Waals surface area contributed by atoms with Crippen LogP contribution < -0.4 is 15.4 Å². The topological polar surface area (TPSA) is 38.5 Å². The van der Waals surface area contributed by atoms with Gasteiger partial charge in [0.05, 0.1) is 5.69 Å². The Morgan fingerprint density at radius 2 is 1.95 bits per heavy atom. The lowest BCUT2D eigenvalue weighted by Gasteiger charge is -2.33. The zero-order chi connectivity index (χ0) is 14.8. The lowest BCUT2D eigenvalue weighted by Crippen LogP contribution is -2.40. The van der Waals surface area contributed by atoms with Crippen LogP contribution in [0.5, 0.6) is 5.75 Å². The number of alkyl halides is 3. The molecule has 6 heteroatoms. The molecule has 2 N–H and O–H groups in total. The van der Waals surface area contributed by atoms with Gasteiger partial charge in [-0.2, -0.15) is 13.2 Å². The van der Waals surface area contributed by atoms with Gasteiger partial charge >= 0.3 is 6.18 Å². The number of nitrogens with zero attached hydrogens (tertiary/aromatic N) is 1. The summed E-state index contributed by atoms with van der Waals surface area (Å²) in [7, 11) is 0. The first-order chi connectivity index (χ1) is 9.35. The van der Waals surface area contributed by atoms with Crippen molar-refractivity contribution in [2.45, 2.75) is 32.0 Å². The fraction of sp³-hybridized carbons (Fsp3) is 0.571. The molecule has 0 bridgehead atoms. The van der Waals surface area contributed by atoms with Gasteiger partial charge in [0.25, 0.3) is 0 Å². The van der Waals surface area contributed by atoms with E-state index in [1.54, 1.807) is 12.1 Å². The number of benzene rings is 1. The molecule has 0 atom stereocenters. The zero-order valence-electron chi connectivity index (χ0n) is 11.4. The van der Waals surface area contributed by atoms with E-state index in [1.165, 1.54) is 0 Å². The summed E-state index contributed by atoms with van der Waals surface area (Å²) in [6.45, 7) is 2.13. The molecule has 0 aromatic heterocycles. The van der Waals surface area contributed by atoms with E-state index in [9.17, 15) is 13.2 Å². The van der Waals surface area contributed by atoms with Gasteiger partial charge in [-0.1, -0.05) is 6.07 Å². The molecule has 1 aliphatic heterocycles. The number of hydrogen-bond donors (Lipinski definition) is 1. The standard InChI is InChI=1S/C14H19F3N2O/c1-10-2-3-13(20-9-14(15,16)17)12(8-10)19-6-4-11(18)5-7-19/h2-3,8,11H,4-7,9,18H2,1H3. The van der Waals surface area contributed by atoms with Crippen LogP contribution in [0.2, 0.25) is 0 Å². The highest BCUT2D eigenvalue weighted by Crippen LogP contribution is 2.32. The van der Waals surface area contributed by atoms with E-state index in [0.717, 1.165) is 37.2 Å². The minimum Gasteiger partial charge on any atom is -0.482 e. The lowest BCUT2D eigenvalue weighted by atomic mass is 10.0. The van der Waals surface area contributed by atoms with Crippen molar-refractivity contribution >= 4 is 5.69 Å². The van der Waals surface area contributed by atoms with Gasteiger partial charge in [0.1, 0.15) is 5.75 Å². The van der Waals surface area contributed by atoms with E-state index in [2.05, 4.69) is 0 Å². The molecule has 112 valence electrons. The van der Waals surface area contributed by atoms with E-state index in [0.29, 0.717) is 0 Å². The third-order valence-electron chi connectivity index (χ3n) is 3.39. The van der Waals surface area contributed by atoms with Crippen LogP contribution in [0.25, 0.3) is 0 Å². The van der Waals surface area contributed by atoms with Crippen molar-refractivity contribution in [3.63, 3.8) is 0 Å². The average molecular weight is 288 g/mol. The molecule has 0 aliphatic carbocycles. The molecule has 0 amide bonds. The van der Waals surface area contributed by atoms with Gasteiger partial charge in [0.2, 0.25) is 0 Å². The van der Waals surface area contributed by atoms with Gasteiger partial charge in [-0.3, -0.25) is 0 Å². The van der Waals surface area contributed by atoms with Crippen molar-refractivity contribution in [3.8, 4) is 5.75 Å². The molecule has 1 saturated heterocycles. The summed E-state index contributed by atoms with van der Waals surface area (Å²) in [6, 6.07) is 5.40. The molecule has 1 aromatic carbocycles. The molecule has 1 heterocycles. The Labute approximate surface area is 116 Å². The Morgan fingerprint density at radius 3 is 2.55 bits per heavy atom. The van der Waals surface area contributed by atoms with Crippen molar-refractivity contribution in [1.29, 1.82) is 0 Å². The smallest absolute Gasteiger partial charge is 0.422 e. The van der Waals surface area contributed by atoms with Crippen LogP contribution in [-0.2, 0) is 0 Å². The first-order valence-electron chi connectivity index (χ1n) is 6.66. The van der Waals surface area contributed by atoms with Crippen molar-refractivity contribution in [3.05, 3.63) is 23.8 Å². The molecular weight excluding hydrogens is 269 g/mol. The van der Waals surface area contributed by atoms with E-state index < -0.39 is 12.8 Å². The van der Waals surface area contributed by atoms with Gasteiger partial charge in [0, 0.05) is 19.1 Å². The Kier molecular flexibility index (Phi) is 4.42.